The van der Waals surface area contributed by atoms with Gasteiger partial charge in [0.15, 0.2) is 0 Å². The van der Waals surface area contributed by atoms with Crippen LogP contribution in [0.15, 0.2) is 48.5 Å². The Balaban J connectivity index is 1.97. The van der Waals surface area contributed by atoms with E-state index < -0.39 is 0 Å². The molecule has 0 bridgehead atoms. The molecule has 2 aromatic rings. The molecule has 2 aliphatic rings. The highest BCUT2D eigenvalue weighted by atomic mass is 31.1. The van der Waals surface area contributed by atoms with Gasteiger partial charge in [0.05, 0.1) is 0 Å². The summed E-state index contributed by atoms with van der Waals surface area (Å²) in [5.41, 5.74) is 7.24. The summed E-state index contributed by atoms with van der Waals surface area (Å²) in [6, 6.07) is 18.8. The molecular formula is C25H34P2. The van der Waals surface area contributed by atoms with E-state index in [0.29, 0.717) is 16.0 Å². The predicted molar refractivity (Wildman–Crippen MR) is 124 cm³/mol. The van der Waals surface area contributed by atoms with Crippen LogP contribution < -0.4 is 0 Å². The number of hydrogen-bond donors (Lipinski definition) is 0. The summed E-state index contributed by atoms with van der Waals surface area (Å²) >= 11 is 0. The van der Waals surface area contributed by atoms with Gasteiger partial charge in [-0.05, 0) is 44.9 Å². The molecule has 4 rings (SSSR count). The average molecular weight is 396 g/mol. The minimum absolute atomic E-state index is 0.118. The van der Waals surface area contributed by atoms with Crippen LogP contribution in [-0.2, 0) is 17.5 Å². The Kier molecular flexibility index (Phi) is 4.65. The van der Waals surface area contributed by atoms with E-state index in [1.807, 2.05) is 0 Å². The van der Waals surface area contributed by atoms with Crippen molar-refractivity contribution in [2.45, 2.75) is 81.9 Å². The molecule has 2 aliphatic heterocycles. The summed E-state index contributed by atoms with van der Waals surface area (Å²) in [5, 5.41) is 1.01. The van der Waals surface area contributed by atoms with Gasteiger partial charge in [0, 0.05) is 10.8 Å². The third kappa shape index (κ3) is 3.03. The fourth-order valence-corrected chi connectivity index (χ4v) is 13.5. The fourth-order valence-electron chi connectivity index (χ4n) is 5.48. The van der Waals surface area contributed by atoms with Crippen LogP contribution >= 0.6 is 15.8 Å². The second-order valence-electron chi connectivity index (χ2n) is 10.5. The number of hydrogen-bond acceptors (Lipinski definition) is 0. The lowest BCUT2D eigenvalue weighted by Crippen LogP contribution is -2.32. The fraction of sp³-hybridized carbons (Fsp3) is 0.520. The van der Waals surface area contributed by atoms with E-state index in [1.165, 1.54) is 12.3 Å². The van der Waals surface area contributed by atoms with Crippen LogP contribution in [0, 0.1) is 0 Å². The third-order valence-electron chi connectivity index (χ3n) is 6.66. The lowest BCUT2D eigenvalue weighted by atomic mass is 9.88. The first-order valence-corrected chi connectivity index (χ1v) is 13.4. The molecule has 0 amide bonds. The Hall–Kier alpha value is -0.700. The molecule has 0 saturated carbocycles. The van der Waals surface area contributed by atoms with Crippen molar-refractivity contribution in [3.8, 4) is 0 Å². The van der Waals surface area contributed by atoms with Gasteiger partial charge in [0.2, 0.25) is 0 Å². The largest absolute Gasteiger partial charge is 0.0877 e. The van der Waals surface area contributed by atoms with Crippen molar-refractivity contribution < 1.29 is 0 Å². The van der Waals surface area contributed by atoms with E-state index in [4.69, 9.17) is 0 Å². The molecule has 2 unspecified atom stereocenters. The normalized spacial score (nSPS) is 30.3. The molecule has 0 aliphatic carbocycles. The highest BCUT2D eigenvalue weighted by Crippen LogP contribution is 2.83. The zero-order valence-electron chi connectivity index (χ0n) is 18.0. The summed E-state index contributed by atoms with van der Waals surface area (Å²) in [6.07, 6.45) is 2.59. The summed E-state index contributed by atoms with van der Waals surface area (Å²) in [4.78, 5) is 0. The van der Waals surface area contributed by atoms with Gasteiger partial charge in [-0.3, -0.25) is 0 Å². The van der Waals surface area contributed by atoms with Gasteiger partial charge in [-0.1, -0.05) is 113 Å². The molecule has 144 valence electrons. The van der Waals surface area contributed by atoms with E-state index in [0.717, 1.165) is 0 Å². The van der Waals surface area contributed by atoms with Gasteiger partial charge in [0.25, 0.3) is 0 Å². The molecule has 4 atom stereocenters. The van der Waals surface area contributed by atoms with Crippen LogP contribution in [0.4, 0.5) is 0 Å². The van der Waals surface area contributed by atoms with Gasteiger partial charge < -0.3 is 0 Å². The number of fused-ring (bicyclic) bond motifs is 2. The SMILES string of the molecule is CC(C)(C)P1Cc2ccccc2[C@@H]1[C@@]1(C)c2ccccc2CP1C(C)(C)C. The highest BCUT2D eigenvalue weighted by molar-refractivity contribution is 7.64. The first-order chi connectivity index (χ1) is 12.5. The molecule has 0 saturated heterocycles. The summed E-state index contributed by atoms with van der Waals surface area (Å²) < 4.78 is 0. The summed E-state index contributed by atoms with van der Waals surface area (Å²) in [6.45, 7) is 17.6. The van der Waals surface area contributed by atoms with Crippen molar-refractivity contribution >= 4 is 15.8 Å². The molecule has 0 N–H and O–H groups in total. The Morgan fingerprint density at radius 1 is 0.778 bits per heavy atom. The molecule has 27 heavy (non-hydrogen) atoms. The lowest BCUT2D eigenvalue weighted by Gasteiger charge is -2.50. The van der Waals surface area contributed by atoms with E-state index in [9.17, 15) is 0 Å². The number of rotatable bonds is 1. The van der Waals surface area contributed by atoms with Gasteiger partial charge in [-0.25, -0.2) is 0 Å². The minimum atomic E-state index is -0.152. The quantitative estimate of drug-likeness (QED) is 0.426. The Labute approximate surface area is 168 Å². The van der Waals surface area contributed by atoms with Gasteiger partial charge in [-0.15, -0.1) is 0 Å². The van der Waals surface area contributed by atoms with Crippen molar-refractivity contribution in [2.75, 3.05) is 0 Å². The molecule has 0 radical (unpaired) electrons. The third-order valence-corrected chi connectivity index (χ3v) is 14.6. The summed E-state index contributed by atoms with van der Waals surface area (Å²) in [5.74, 6) is 0. The van der Waals surface area contributed by atoms with E-state index in [-0.39, 0.29) is 21.0 Å². The Bertz CT molecular complexity index is 855. The molecule has 2 heteroatoms. The van der Waals surface area contributed by atoms with Crippen LogP contribution in [0.1, 0.15) is 76.4 Å². The van der Waals surface area contributed by atoms with Crippen molar-refractivity contribution in [3.63, 3.8) is 0 Å². The van der Waals surface area contributed by atoms with E-state index in [1.54, 1.807) is 22.3 Å². The molecular weight excluding hydrogens is 362 g/mol. The Morgan fingerprint density at radius 2 is 1.37 bits per heavy atom. The average Bonchev–Trinajstić information content (AvgIpc) is 3.12. The molecule has 0 fully saturated rings. The van der Waals surface area contributed by atoms with Gasteiger partial charge >= 0.3 is 0 Å². The van der Waals surface area contributed by atoms with Gasteiger partial charge in [-0.2, -0.15) is 0 Å². The molecule has 0 nitrogen and oxygen atoms in total. The van der Waals surface area contributed by atoms with Crippen molar-refractivity contribution in [2.24, 2.45) is 0 Å². The molecule has 0 aromatic heterocycles. The second kappa shape index (κ2) is 6.40. The number of benzene rings is 2. The maximum absolute atomic E-state index is 2.64. The van der Waals surface area contributed by atoms with Crippen molar-refractivity contribution in [1.29, 1.82) is 0 Å². The maximum Gasteiger partial charge on any atom is 0.0245 e. The first-order valence-electron chi connectivity index (χ1n) is 10.3. The molecule has 2 heterocycles. The van der Waals surface area contributed by atoms with E-state index in [2.05, 4.69) is 97.0 Å². The zero-order valence-corrected chi connectivity index (χ0v) is 19.8. The van der Waals surface area contributed by atoms with Crippen molar-refractivity contribution in [3.05, 3.63) is 70.8 Å². The molecule has 0 spiro atoms. The van der Waals surface area contributed by atoms with Crippen LogP contribution in [0.3, 0.4) is 0 Å². The van der Waals surface area contributed by atoms with Crippen LogP contribution in [-0.4, -0.2) is 10.3 Å². The molecule has 2 aromatic carbocycles. The first kappa shape index (κ1) is 19.6. The standard InChI is InChI=1S/C25H34P2/c1-23(2,3)26-16-18-12-8-10-14-20(18)22(26)25(7)21-15-11-9-13-19(21)17-27(25)24(4,5)6/h8-15,22H,16-17H2,1-7H3/t22-,25-,26?,27?/m1/s1. The predicted octanol–water partition coefficient (Wildman–Crippen LogP) is 8.23. The van der Waals surface area contributed by atoms with Crippen LogP contribution in [0.25, 0.3) is 0 Å². The maximum atomic E-state index is 2.64. The van der Waals surface area contributed by atoms with E-state index >= 15 is 0 Å². The highest BCUT2D eigenvalue weighted by Gasteiger charge is 2.57. The summed E-state index contributed by atoms with van der Waals surface area (Å²) in [7, 11) is -0.270. The van der Waals surface area contributed by atoms with Crippen molar-refractivity contribution in [1.82, 2.24) is 0 Å². The monoisotopic (exact) mass is 396 g/mol. The lowest BCUT2D eigenvalue weighted by molar-refractivity contribution is 0.620. The second-order valence-corrected chi connectivity index (χ2v) is 17.0. The van der Waals surface area contributed by atoms with Crippen LogP contribution in [0.5, 0.6) is 0 Å². The van der Waals surface area contributed by atoms with Gasteiger partial charge in [0.1, 0.15) is 0 Å². The smallest absolute Gasteiger partial charge is 0.0245 e. The topological polar surface area (TPSA) is 0 Å². The minimum Gasteiger partial charge on any atom is -0.0877 e. The zero-order chi connectivity index (χ0) is 19.6. The Morgan fingerprint density at radius 3 is 2.00 bits per heavy atom. The van der Waals surface area contributed by atoms with Crippen LogP contribution in [0.2, 0.25) is 0 Å².